The van der Waals surface area contributed by atoms with Gasteiger partial charge >= 0.3 is 6.61 Å². The molecule has 0 spiro atoms. The van der Waals surface area contributed by atoms with E-state index in [2.05, 4.69) is 10.1 Å². The van der Waals surface area contributed by atoms with Crippen LogP contribution in [0.3, 0.4) is 0 Å². The number of nitrogens with zero attached hydrogens (tertiary/aromatic N) is 1. The number of benzene rings is 2. The zero-order chi connectivity index (χ0) is 21.3. The van der Waals surface area contributed by atoms with Gasteiger partial charge in [0.15, 0.2) is 0 Å². The minimum Gasteiger partial charge on any atom is -0.435 e. The van der Waals surface area contributed by atoms with Crippen molar-refractivity contribution in [2.75, 3.05) is 11.1 Å². The summed E-state index contributed by atoms with van der Waals surface area (Å²) in [5.74, 6) is 0.339. The van der Waals surface area contributed by atoms with Crippen molar-refractivity contribution in [3.05, 3.63) is 59.7 Å². The molecule has 2 fully saturated rings. The monoisotopic (exact) mass is 432 g/mol. The van der Waals surface area contributed by atoms with E-state index in [1.54, 1.807) is 22.7 Å². The molecule has 2 amide bonds. The van der Waals surface area contributed by atoms with Gasteiger partial charge in [0.25, 0.3) is 0 Å². The van der Waals surface area contributed by atoms with Crippen molar-refractivity contribution in [1.29, 1.82) is 0 Å². The van der Waals surface area contributed by atoms with Gasteiger partial charge in [0.05, 0.1) is 4.87 Å². The molecule has 2 atom stereocenters. The van der Waals surface area contributed by atoms with Crippen molar-refractivity contribution in [2.45, 2.75) is 43.7 Å². The lowest BCUT2D eigenvalue weighted by atomic mass is 10.0. The Morgan fingerprint density at radius 1 is 1.30 bits per heavy atom. The molecule has 30 heavy (non-hydrogen) atoms. The van der Waals surface area contributed by atoms with E-state index in [0.717, 1.165) is 12.0 Å². The van der Waals surface area contributed by atoms with Crippen molar-refractivity contribution in [3.8, 4) is 5.75 Å². The van der Waals surface area contributed by atoms with Crippen LogP contribution in [-0.2, 0) is 16.0 Å². The predicted molar refractivity (Wildman–Crippen MR) is 112 cm³/mol. The van der Waals surface area contributed by atoms with Crippen LogP contribution in [0.15, 0.2) is 48.5 Å². The number of fused-ring (bicyclic) bond motifs is 1. The summed E-state index contributed by atoms with van der Waals surface area (Å²) in [6.45, 7) is -0.945. The number of nitrogens with one attached hydrogen (secondary N) is 1. The summed E-state index contributed by atoms with van der Waals surface area (Å²) >= 11 is 1.62. The smallest absolute Gasteiger partial charge is 0.387 e. The Morgan fingerprint density at radius 3 is 2.80 bits per heavy atom. The minimum atomic E-state index is -2.94. The van der Waals surface area contributed by atoms with Crippen LogP contribution in [0.4, 0.5) is 14.5 Å². The summed E-state index contributed by atoms with van der Waals surface area (Å²) in [5, 5.41) is 2.85. The quantitative estimate of drug-likeness (QED) is 0.741. The summed E-state index contributed by atoms with van der Waals surface area (Å²) in [7, 11) is 0. The Bertz CT molecular complexity index is 957. The molecule has 2 heterocycles. The van der Waals surface area contributed by atoms with Crippen LogP contribution in [0.25, 0.3) is 0 Å². The van der Waals surface area contributed by atoms with Gasteiger partial charge in [-0.25, -0.2) is 0 Å². The van der Waals surface area contributed by atoms with E-state index in [9.17, 15) is 18.4 Å². The van der Waals surface area contributed by atoms with E-state index in [-0.39, 0.29) is 22.4 Å². The van der Waals surface area contributed by atoms with E-state index in [1.807, 2.05) is 37.3 Å². The third kappa shape index (κ3) is 4.14. The molecule has 8 heteroatoms. The molecule has 2 aliphatic heterocycles. The SMILES string of the molecule is C[C@]12CCC(=O)N1[C@H](C(=O)Nc1ccc(OC(F)F)c(Cc3ccccc3)c1)CS2. The summed E-state index contributed by atoms with van der Waals surface area (Å²) < 4.78 is 30.3. The van der Waals surface area contributed by atoms with Crippen LogP contribution >= 0.6 is 11.8 Å². The van der Waals surface area contributed by atoms with Gasteiger partial charge in [0.2, 0.25) is 11.8 Å². The fourth-order valence-electron chi connectivity index (χ4n) is 4.06. The molecule has 5 nitrogen and oxygen atoms in total. The van der Waals surface area contributed by atoms with Crippen LogP contribution in [0, 0.1) is 0 Å². The largest absolute Gasteiger partial charge is 0.435 e. The molecule has 0 bridgehead atoms. The van der Waals surface area contributed by atoms with Gasteiger partial charge in [-0.2, -0.15) is 8.78 Å². The van der Waals surface area contributed by atoms with E-state index in [1.165, 1.54) is 12.1 Å². The standard InChI is InChI=1S/C22H22F2N2O3S/c1-22-10-9-19(27)26(22)17(13-30-22)20(28)25-16-7-8-18(29-21(23)24)15(12-16)11-14-5-3-2-4-6-14/h2-8,12,17,21H,9-11,13H2,1H3,(H,25,28)/t17-,22-/m0/s1. The number of carbonyl (C=O) groups is 2. The Hall–Kier alpha value is -2.61. The van der Waals surface area contributed by atoms with Crippen LogP contribution in [0.1, 0.15) is 30.9 Å². The van der Waals surface area contributed by atoms with Gasteiger partial charge in [-0.05, 0) is 37.1 Å². The highest BCUT2D eigenvalue weighted by Gasteiger charge is 2.52. The number of hydrogen-bond acceptors (Lipinski definition) is 4. The molecule has 0 aromatic heterocycles. The second kappa shape index (κ2) is 8.26. The third-order valence-electron chi connectivity index (χ3n) is 5.53. The second-order valence-corrected chi connectivity index (χ2v) is 9.12. The first kappa shape index (κ1) is 20.7. The molecule has 1 N–H and O–H groups in total. The molecule has 0 aliphatic carbocycles. The molecule has 0 radical (unpaired) electrons. The lowest BCUT2D eigenvalue weighted by Crippen LogP contribution is -2.48. The van der Waals surface area contributed by atoms with Crippen LogP contribution in [0.2, 0.25) is 0 Å². The van der Waals surface area contributed by atoms with Gasteiger partial charge in [0.1, 0.15) is 11.8 Å². The normalized spacial score (nSPS) is 23.0. The lowest BCUT2D eigenvalue weighted by Gasteiger charge is -2.29. The van der Waals surface area contributed by atoms with E-state index in [0.29, 0.717) is 29.8 Å². The third-order valence-corrected chi connectivity index (χ3v) is 7.03. The Morgan fingerprint density at radius 2 is 2.07 bits per heavy atom. The van der Waals surface area contributed by atoms with E-state index < -0.39 is 12.7 Å². The molecular formula is C22H22F2N2O3S. The molecule has 2 aromatic rings. The van der Waals surface area contributed by atoms with Crippen molar-refractivity contribution >= 4 is 29.3 Å². The van der Waals surface area contributed by atoms with Crippen molar-refractivity contribution in [3.63, 3.8) is 0 Å². The highest BCUT2D eigenvalue weighted by atomic mass is 32.2. The van der Waals surface area contributed by atoms with Crippen molar-refractivity contribution in [2.24, 2.45) is 0 Å². The molecule has 4 rings (SSSR count). The molecule has 0 saturated carbocycles. The lowest BCUT2D eigenvalue weighted by molar-refractivity contribution is -0.135. The molecule has 158 valence electrons. The van der Waals surface area contributed by atoms with Gasteiger partial charge in [-0.15, -0.1) is 11.8 Å². The molecule has 0 unspecified atom stereocenters. The summed E-state index contributed by atoms with van der Waals surface area (Å²) in [6.07, 6.45) is 1.57. The highest BCUT2D eigenvalue weighted by molar-refractivity contribution is 8.01. The average molecular weight is 432 g/mol. The topological polar surface area (TPSA) is 58.6 Å². The number of amides is 2. The van der Waals surface area contributed by atoms with Crippen LogP contribution in [0.5, 0.6) is 5.75 Å². The number of rotatable bonds is 6. The fraction of sp³-hybridized carbons (Fsp3) is 0.364. The molecule has 2 aromatic carbocycles. The Balaban J connectivity index is 1.54. The number of alkyl halides is 2. The fourth-order valence-corrected chi connectivity index (χ4v) is 5.49. The summed E-state index contributed by atoms with van der Waals surface area (Å²) in [5.41, 5.74) is 1.96. The first-order valence-electron chi connectivity index (χ1n) is 9.74. The van der Waals surface area contributed by atoms with Crippen molar-refractivity contribution < 1.29 is 23.1 Å². The summed E-state index contributed by atoms with van der Waals surface area (Å²) in [6, 6.07) is 13.5. The highest BCUT2D eigenvalue weighted by Crippen LogP contribution is 2.47. The van der Waals surface area contributed by atoms with Gasteiger partial charge in [-0.1, -0.05) is 30.3 Å². The first-order chi connectivity index (χ1) is 14.4. The van der Waals surface area contributed by atoms with Gasteiger partial charge in [0, 0.05) is 29.8 Å². The summed E-state index contributed by atoms with van der Waals surface area (Å²) in [4.78, 5) is 26.5. The van der Waals surface area contributed by atoms with Crippen molar-refractivity contribution in [1.82, 2.24) is 4.90 Å². The number of ether oxygens (including phenoxy) is 1. The minimum absolute atomic E-state index is 0.00639. The Kier molecular flexibility index (Phi) is 5.69. The predicted octanol–water partition coefficient (Wildman–Crippen LogP) is 4.27. The zero-order valence-electron chi connectivity index (χ0n) is 16.4. The van der Waals surface area contributed by atoms with Gasteiger partial charge in [-0.3, -0.25) is 9.59 Å². The maximum atomic E-state index is 12.9. The first-order valence-corrected chi connectivity index (χ1v) is 10.7. The maximum Gasteiger partial charge on any atom is 0.387 e. The number of halogens is 2. The second-order valence-electron chi connectivity index (χ2n) is 7.62. The molecule has 2 saturated heterocycles. The number of anilines is 1. The number of thioether (sulfide) groups is 1. The maximum absolute atomic E-state index is 12.9. The van der Waals surface area contributed by atoms with E-state index >= 15 is 0 Å². The molecular weight excluding hydrogens is 410 g/mol. The average Bonchev–Trinajstić information content (AvgIpc) is 3.20. The molecule has 2 aliphatic rings. The van der Waals surface area contributed by atoms with Gasteiger partial charge < -0.3 is 15.0 Å². The van der Waals surface area contributed by atoms with Crippen LogP contribution < -0.4 is 10.1 Å². The zero-order valence-corrected chi connectivity index (χ0v) is 17.3. The Labute approximate surface area is 177 Å². The van der Waals surface area contributed by atoms with E-state index in [4.69, 9.17) is 0 Å². The number of hydrogen-bond donors (Lipinski definition) is 1. The van der Waals surface area contributed by atoms with Crippen LogP contribution in [-0.4, -0.2) is 40.0 Å². The number of carbonyl (C=O) groups excluding carboxylic acids is 2.